The van der Waals surface area contributed by atoms with Crippen molar-refractivity contribution in [3.8, 4) is 11.4 Å². The molecule has 18 heavy (non-hydrogen) atoms. The quantitative estimate of drug-likeness (QED) is 0.882. The number of benzene rings is 1. The van der Waals surface area contributed by atoms with Gasteiger partial charge in [-0.05, 0) is 10.4 Å². The van der Waals surface area contributed by atoms with Crippen molar-refractivity contribution in [1.29, 1.82) is 0 Å². The fraction of sp³-hybridized carbons (Fsp3) is 0.111. The lowest BCUT2D eigenvalue weighted by Crippen LogP contribution is -2.12. The molecule has 0 aliphatic carbocycles. The molecule has 1 aromatic heterocycles. The van der Waals surface area contributed by atoms with Gasteiger partial charge in [0.15, 0.2) is 5.82 Å². The van der Waals surface area contributed by atoms with Crippen LogP contribution in [0.25, 0.3) is 11.4 Å². The molecule has 6 nitrogen and oxygen atoms in total. The maximum absolute atomic E-state index is 13.5. The number of rotatable bonds is 3. The number of halogens is 3. The van der Waals surface area contributed by atoms with E-state index in [2.05, 4.69) is 15.5 Å². The van der Waals surface area contributed by atoms with Crippen molar-refractivity contribution in [2.75, 3.05) is 0 Å². The van der Waals surface area contributed by atoms with E-state index in [1.807, 2.05) is 0 Å². The summed E-state index contributed by atoms with van der Waals surface area (Å²) in [6, 6.07) is 0.913. The Kier molecular flexibility index (Phi) is 2.96. The van der Waals surface area contributed by atoms with E-state index < -0.39 is 41.4 Å². The number of nitrogens with zero attached hydrogens (tertiary/aromatic N) is 4. The van der Waals surface area contributed by atoms with Crippen LogP contribution < -0.4 is 0 Å². The second-order valence-electron chi connectivity index (χ2n) is 3.30. The number of carboxylic acids is 1. The number of carbonyl (C=O) groups is 1. The highest BCUT2D eigenvalue weighted by atomic mass is 19.1. The van der Waals surface area contributed by atoms with Crippen molar-refractivity contribution in [2.24, 2.45) is 0 Å². The third-order valence-electron chi connectivity index (χ3n) is 2.05. The number of hydrogen-bond acceptors (Lipinski definition) is 4. The van der Waals surface area contributed by atoms with Gasteiger partial charge in [0.25, 0.3) is 0 Å². The zero-order valence-corrected chi connectivity index (χ0v) is 8.64. The van der Waals surface area contributed by atoms with E-state index in [0.717, 1.165) is 0 Å². The second-order valence-corrected chi connectivity index (χ2v) is 3.30. The van der Waals surface area contributed by atoms with Crippen molar-refractivity contribution in [3.63, 3.8) is 0 Å². The van der Waals surface area contributed by atoms with Gasteiger partial charge in [-0.3, -0.25) is 4.79 Å². The molecule has 0 saturated carbocycles. The van der Waals surface area contributed by atoms with Gasteiger partial charge in [0.05, 0.1) is 5.56 Å². The minimum atomic E-state index is -1.29. The normalized spacial score (nSPS) is 10.6. The smallest absolute Gasteiger partial charge is 0.325 e. The minimum absolute atomic E-state index is 0.424. The Morgan fingerprint density at radius 1 is 1.28 bits per heavy atom. The molecule has 0 unspecified atom stereocenters. The molecule has 9 heteroatoms. The van der Waals surface area contributed by atoms with Crippen molar-refractivity contribution in [1.82, 2.24) is 20.2 Å². The van der Waals surface area contributed by atoms with Crippen LogP contribution in [0.5, 0.6) is 0 Å². The van der Waals surface area contributed by atoms with Gasteiger partial charge in [-0.2, -0.15) is 0 Å². The van der Waals surface area contributed by atoms with E-state index in [-0.39, 0.29) is 0 Å². The van der Waals surface area contributed by atoms with Crippen molar-refractivity contribution in [3.05, 3.63) is 29.6 Å². The van der Waals surface area contributed by atoms with Gasteiger partial charge in [-0.25, -0.2) is 17.9 Å². The van der Waals surface area contributed by atoms with E-state index in [1.165, 1.54) is 0 Å². The molecule has 2 aromatic rings. The molecule has 0 aliphatic heterocycles. The van der Waals surface area contributed by atoms with E-state index >= 15 is 0 Å². The third-order valence-corrected chi connectivity index (χ3v) is 2.05. The molecular formula is C9H5F3N4O2. The molecule has 0 aliphatic rings. The molecule has 1 aromatic carbocycles. The number of aromatic nitrogens is 4. The lowest BCUT2D eigenvalue weighted by atomic mass is 10.2. The summed E-state index contributed by atoms with van der Waals surface area (Å²) in [5.74, 6) is -5.23. The number of hydrogen-bond donors (Lipinski definition) is 1. The molecule has 0 radical (unpaired) electrons. The molecule has 94 valence electrons. The van der Waals surface area contributed by atoms with Crippen LogP contribution in [0.2, 0.25) is 0 Å². The summed E-state index contributed by atoms with van der Waals surface area (Å²) in [5, 5.41) is 18.3. The highest BCUT2D eigenvalue weighted by Crippen LogP contribution is 2.24. The first-order valence-electron chi connectivity index (χ1n) is 4.62. The maximum Gasteiger partial charge on any atom is 0.325 e. The van der Waals surface area contributed by atoms with Crippen LogP contribution in [0.15, 0.2) is 12.1 Å². The summed E-state index contributed by atoms with van der Waals surface area (Å²) in [4.78, 5) is 10.5. The van der Waals surface area contributed by atoms with Gasteiger partial charge in [0.2, 0.25) is 0 Å². The van der Waals surface area contributed by atoms with E-state index in [0.29, 0.717) is 16.8 Å². The Bertz CT molecular complexity index is 591. The highest BCUT2D eigenvalue weighted by molar-refractivity contribution is 5.67. The van der Waals surface area contributed by atoms with Crippen molar-refractivity contribution >= 4 is 5.97 Å². The van der Waals surface area contributed by atoms with Gasteiger partial charge >= 0.3 is 5.97 Å². The molecule has 0 fully saturated rings. The van der Waals surface area contributed by atoms with Crippen molar-refractivity contribution < 1.29 is 23.1 Å². The SMILES string of the molecule is O=C(O)Cn1nnnc1-c1c(F)cc(F)cc1F. The maximum atomic E-state index is 13.5. The first-order valence-corrected chi connectivity index (χ1v) is 4.62. The topological polar surface area (TPSA) is 80.9 Å². The number of carboxylic acid groups (broad SMARTS) is 1. The van der Waals surface area contributed by atoms with E-state index in [1.54, 1.807) is 0 Å². The lowest BCUT2D eigenvalue weighted by molar-refractivity contribution is -0.137. The van der Waals surface area contributed by atoms with Crippen LogP contribution in [0, 0.1) is 17.5 Å². The molecular weight excluding hydrogens is 253 g/mol. The largest absolute Gasteiger partial charge is 0.480 e. The van der Waals surface area contributed by atoms with Crippen LogP contribution in [-0.2, 0) is 11.3 Å². The Labute approximate surface area is 97.7 Å². The summed E-state index contributed by atoms with van der Waals surface area (Å²) >= 11 is 0. The van der Waals surface area contributed by atoms with Crippen LogP contribution in [0.3, 0.4) is 0 Å². The van der Waals surface area contributed by atoms with Gasteiger partial charge < -0.3 is 5.11 Å². The summed E-state index contributed by atoms with van der Waals surface area (Å²) in [7, 11) is 0. The lowest BCUT2D eigenvalue weighted by Gasteiger charge is -2.04. The van der Waals surface area contributed by atoms with Crippen LogP contribution in [-0.4, -0.2) is 31.3 Å². The Morgan fingerprint density at radius 3 is 2.44 bits per heavy atom. The van der Waals surface area contributed by atoms with Gasteiger partial charge in [-0.15, -0.1) is 5.10 Å². The summed E-state index contributed by atoms with van der Waals surface area (Å²) in [6.07, 6.45) is 0. The first kappa shape index (κ1) is 12.0. The molecule has 1 heterocycles. The fourth-order valence-electron chi connectivity index (χ4n) is 1.37. The second kappa shape index (κ2) is 4.43. The summed E-state index contributed by atoms with van der Waals surface area (Å²) < 4.78 is 40.3. The van der Waals surface area contributed by atoms with Gasteiger partial charge in [0, 0.05) is 12.1 Å². The predicted octanol–water partition coefficient (Wildman–Crippen LogP) is 0.842. The zero-order valence-electron chi connectivity index (χ0n) is 8.64. The molecule has 0 bridgehead atoms. The van der Waals surface area contributed by atoms with Crippen LogP contribution in [0.4, 0.5) is 13.2 Å². The summed E-state index contributed by atoms with van der Waals surface area (Å²) in [6.45, 7) is -0.668. The van der Waals surface area contributed by atoms with E-state index in [4.69, 9.17) is 5.11 Å². The highest BCUT2D eigenvalue weighted by Gasteiger charge is 2.20. The number of aliphatic carboxylic acids is 1. The van der Waals surface area contributed by atoms with Crippen LogP contribution in [0.1, 0.15) is 0 Å². The standard InChI is InChI=1S/C9H5F3N4O2/c10-4-1-5(11)8(6(12)2-4)9-13-14-15-16(9)3-7(17)18/h1-2H,3H2,(H,17,18). The van der Waals surface area contributed by atoms with Crippen LogP contribution >= 0.6 is 0 Å². The van der Waals surface area contributed by atoms with Crippen molar-refractivity contribution in [2.45, 2.75) is 6.54 Å². The summed E-state index contributed by atoms with van der Waals surface area (Å²) in [5.41, 5.74) is -0.678. The monoisotopic (exact) mass is 258 g/mol. The molecule has 0 saturated heterocycles. The molecule has 1 N–H and O–H groups in total. The third kappa shape index (κ3) is 2.14. The van der Waals surface area contributed by atoms with E-state index in [9.17, 15) is 18.0 Å². The first-order chi connectivity index (χ1) is 8.49. The predicted molar refractivity (Wildman–Crippen MR) is 50.8 cm³/mol. The molecule has 0 spiro atoms. The molecule has 2 rings (SSSR count). The average Bonchev–Trinajstić information content (AvgIpc) is 2.63. The Hall–Kier alpha value is -2.45. The zero-order chi connectivity index (χ0) is 13.3. The van der Waals surface area contributed by atoms with Gasteiger partial charge in [-0.1, -0.05) is 0 Å². The van der Waals surface area contributed by atoms with Gasteiger partial charge in [0.1, 0.15) is 24.0 Å². The average molecular weight is 258 g/mol. The number of tetrazole rings is 1. The molecule has 0 amide bonds. The minimum Gasteiger partial charge on any atom is -0.480 e. The Balaban J connectivity index is 2.56. The molecule has 0 atom stereocenters. The fourth-order valence-corrected chi connectivity index (χ4v) is 1.37. The Morgan fingerprint density at radius 2 is 1.89 bits per heavy atom.